The van der Waals surface area contributed by atoms with Crippen molar-refractivity contribution in [3.05, 3.63) is 11.9 Å². The molecule has 1 aliphatic heterocycles. The Morgan fingerprint density at radius 3 is 3.11 bits per heavy atom. The second-order valence-corrected chi connectivity index (χ2v) is 4.43. The summed E-state index contributed by atoms with van der Waals surface area (Å²) in [5.41, 5.74) is 0. The summed E-state index contributed by atoms with van der Waals surface area (Å²) in [6, 6.07) is 2.02. The predicted octanol–water partition coefficient (Wildman–Crippen LogP) is 1.63. The molecule has 1 aromatic rings. The van der Waals surface area contributed by atoms with Gasteiger partial charge in [-0.05, 0) is 13.8 Å². The van der Waals surface area contributed by atoms with Crippen LogP contribution in [0.5, 0.6) is 5.88 Å². The number of ether oxygens (including phenoxy) is 2. The number of anilines is 1. The molecule has 1 saturated heterocycles. The fourth-order valence-electron chi connectivity index (χ4n) is 1.98. The van der Waals surface area contributed by atoms with Crippen molar-refractivity contribution in [3.63, 3.8) is 0 Å². The molecule has 6 heteroatoms. The molecule has 1 atom stereocenters. The van der Waals surface area contributed by atoms with E-state index in [1.165, 1.54) is 0 Å². The summed E-state index contributed by atoms with van der Waals surface area (Å²) in [5, 5.41) is 0. The third-order valence-electron chi connectivity index (χ3n) is 2.79. The number of aromatic nitrogens is 2. The lowest BCUT2D eigenvalue weighted by Crippen LogP contribution is -2.47. The van der Waals surface area contributed by atoms with E-state index in [1.807, 2.05) is 19.9 Å². The summed E-state index contributed by atoms with van der Waals surface area (Å²) in [7, 11) is 0. The number of alkyl halides is 1. The molecule has 5 nitrogen and oxygen atoms in total. The number of morpholine rings is 1. The quantitative estimate of drug-likeness (QED) is 0.779. The van der Waals surface area contributed by atoms with E-state index in [9.17, 15) is 0 Å². The fraction of sp³-hybridized carbons (Fsp3) is 0.667. The first-order valence-electron chi connectivity index (χ1n) is 6.13. The molecule has 1 aliphatic rings. The molecule has 0 radical (unpaired) electrons. The maximum Gasteiger partial charge on any atom is 0.218 e. The normalized spacial score (nSPS) is 19.9. The van der Waals surface area contributed by atoms with Crippen LogP contribution < -0.4 is 9.64 Å². The highest BCUT2D eigenvalue weighted by Gasteiger charge is 2.24. The molecule has 1 unspecified atom stereocenters. The topological polar surface area (TPSA) is 47.5 Å². The van der Waals surface area contributed by atoms with Crippen LogP contribution in [0.1, 0.15) is 12.7 Å². The van der Waals surface area contributed by atoms with Crippen molar-refractivity contribution >= 4 is 17.4 Å². The molecule has 18 heavy (non-hydrogen) atoms. The zero-order valence-electron chi connectivity index (χ0n) is 10.7. The summed E-state index contributed by atoms with van der Waals surface area (Å²) in [4.78, 5) is 10.9. The monoisotopic (exact) mass is 271 g/mol. The lowest BCUT2D eigenvalue weighted by Gasteiger charge is -2.35. The van der Waals surface area contributed by atoms with Crippen LogP contribution in [0.3, 0.4) is 0 Å². The SMILES string of the molecule is CCOc1cc(N2CCOCC2CCl)nc(C)n1. The van der Waals surface area contributed by atoms with Gasteiger partial charge in [0.25, 0.3) is 0 Å². The molecular formula is C12H18ClN3O2. The van der Waals surface area contributed by atoms with Crippen molar-refractivity contribution in [3.8, 4) is 5.88 Å². The van der Waals surface area contributed by atoms with E-state index in [-0.39, 0.29) is 6.04 Å². The van der Waals surface area contributed by atoms with Gasteiger partial charge in [0.15, 0.2) is 0 Å². The third-order valence-corrected chi connectivity index (χ3v) is 3.15. The molecule has 0 N–H and O–H groups in total. The maximum atomic E-state index is 5.97. The first kappa shape index (κ1) is 13.4. The summed E-state index contributed by atoms with van der Waals surface area (Å²) in [6.07, 6.45) is 0. The fourth-order valence-corrected chi connectivity index (χ4v) is 2.23. The molecule has 1 aromatic heterocycles. The highest BCUT2D eigenvalue weighted by atomic mass is 35.5. The molecule has 2 rings (SSSR count). The second kappa shape index (κ2) is 6.20. The Morgan fingerprint density at radius 1 is 1.56 bits per heavy atom. The van der Waals surface area contributed by atoms with E-state index in [1.54, 1.807) is 0 Å². The molecule has 0 spiro atoms. The standard InChI is InChI=1S/C12H18ClN3O2/c1-3-18-12-6-11(14-9(2)15-12)16-4-5-17-8-10(16)7-13/h6,10H,3-5,7-8H2,1-2H3. The van der Waals surface area contributed by atoms with Gasteiger partial charge < -0.3 is 14.4 Å². The van der Waals surface area contributed by atoms with Crippen molar-refractivity contribution < 1.29 is 9.47 Å². The van der Waals surface area contributed by atoms with Crippen LogP contribution in [0.25, 0.3) is 0 Å². The molecule has 100 valence electrons. The van der Waals surface area contributed by atoms with Gasteiger partial charge in [-0.25, -0.2) is 4.98 Å². The Labute approximate surface area is 112 Å². The van der Waals surface area contributed by atoms with E-state index >= 15 is 0 Å². The van der Waals surface area contributed by atoms with Crippen LogP contribution in [0, 0.1) is 6.92 Å². The number of rotatable bonds is 4. The lowest BCUT2D eigenvalue weighted by molar-refractivity contribution is 0.0993. The van der Waals surface area contributed by atoms with Crippen LogP contribution in [-0.2, 0) is 4.74 Å². The van der Waals surface area contributed by atoms with E-state index in [2.05, 4.69) is 14.9 Å². The third kappa shape index (κ3) is 3.03. The minimum atomic E-state index is 0.157. The summed E-state index contributed by atoms with van der Waals surface area (Å²) in [5.74, 6) is 2.70. The molecule has 0 bridgehead atoms. The summed E-state index contributed by atoms with van der Waals surface area (Å²) >= 11 is 5.97. The van der Waals surface area contributed by atoms with Crippen LogP contribution in [0.2, 0.25) is 0 Å². The van der Waals surface area contributed by atoms with E-state index in [0.717, 1.165) is 12.4 Å². The molecule has 0 amide bonds. The Balaban J connectivity index is 2.24. The summed E-state index contributed by atoms with van der Waals surface area (Å²) in [6.45, 7) is 6.52. The Hall–Kier alpha value is -1.07. The smallest absolute Gasteiger partial charge is 0.218 e. The first-order valence-corrected chi connectivity index (χ1v) is 6.67. The van der Waals surface area contributed by atoms with Crippen LogP contribution in [0.4, 0.5) is 5.82 Å². The zero-order valence-corrected chi connectivity index (χ0v) is 11.5. The number of hydrogen-bond donors (Lipinski definition) is 0. The number of aryl methyl sites for hydroxylation is 1. The molecular weight excluding hydrogens is 254 g/mol. The first-order chi connectivity index (χ1) is 8.74. The van der Waals surface area contributed by atoms with Gasteiger partial charge in [-0.2, -0.15) is 4.98 Å². The van der Waals surface area contributed by atoms with Gasteiger partial charge in [-0.3, -0.25) is 0 Å². The number of halogens is 1. The van der Waals surface area contributed by atoms with Crippen LogP contribution >= 0.6 is 11.6 Å². The van der Waals surface area contributed by atoms with E-state index < -0.39 is 0 Å². The van der Waals surface area contributed by atoms with Gasteiger partial charge in [0.1, 0.15) is 11.6 Å². The minimum absolute atomic E-state index is 0.157. The van der Waals surface area contributed by atoms with Crippen molar-refractivity contribution in [1.82, 2.24) is 9.97 Å². The molecule has 2 heterocycles. The molecule has 1 fully saturated rings. The minimum Gasteiger partial charge on any atom is -0.478 e. The predicted molar refractivity (Wildman–Crippen MR) is 70.6 cm³/mol. The van der Waals surface area contributed by atoms with Crippen molar-refractivity contribution in [1.29, 1.82) is 0 Å². The van der Waals surface area contributed by atoms with Crippen LogP contribution in [-0.4, -0.2) is 48.3 Å². The van der Waals surface area contributed by atoms with E-state index in [4.69, 9.17) is 21.1 Å². The Kier molecular flexibility index (Phi) is 4.60. The maximum absolute atomic E-state index is 5.97. The molecule has 0 saturated carbocycles. The van der Waals surface area contributed by atoms with Gasteiger partial charge in [0.2, 0.25) is 5.88 Å². The Morgan fingerprint density at radius 2 is 2.39 bits per heavy atom. The van der Waals surface area contributed by atoms with Gasteiger partial charge in [-0.1, -0.05) is 0 Å². The van der Waals surface area contributed by atoms with Gasteiger partial charge in [0, 0.05) is 18.5 Å². The largest absolute Gasteiger partial charge is 0.478 e. The highest BCUT2D eigenvalue weighted by molar-refractivity contribution is 6.18. The lowest BCUT2D eigenvalue weighted by atomic mass is 10.2. The number of nitrogens with zero attached hydrogens (tertiary/aromatic N) is 3. The molecule has 0 aliphatic carbocycles. The second-order valence-electron chi connectivity index (χ2n) is 4.12. The van der Waals surface area contributed by atoms with Gasteiger partial charge in [0.05, 0.1) is 25.9 Å². The average Bonchev–Trinajstić information content (AvgIpc) is 2.38. The van der Waals surface area contributed by atoms with E-state index in [0.29, 0.717) is 37.4 Å². The van der Waals surface area contributed by atoms with Gasteiger partial charge >= 0.3 is 0 Å². The summed E-state index contributed by atoms with van der Waals surface area (Å²) < 4.78 is 10.9. The van der Waals surface area contributed by atoms with Crippen molar-refractivity contribution in [2.24, 2.45) is 0 Å². The average molecular weight is 272 g/mol. The van der Waals surface area contributed by atoms with Crippen LogP contribution in [0.15, 0.2) is 6.07 Å². The van der Waals surface area contributed by atoms with Crippen molar-refractivity contribution in [2.75, 3.05) is 37.1 Å². The zero-order chi connectivity index (χ0) is 13.0. The number of hydrogen-bond acceptors (Lipinski definition) is 5. The van der Waals surface area contributed by atoms with Crippen molar-refractivity contribution in [2.45, 2.75) is 19.9 Å². The molecule has 0 aromatic carbocycles. The van der Waals surface area contributed by atoms with Gasteiger partial charge in [-0.15, -0.1) is 11.6 Å². The highest BCUT2D eigenvalue weighted by Crippen LogP contribution is 2.22. The Bertz CT molecular complexity index is 403.